The fourth-order valence-corrected chi connectivity index (χ4v) is 2.63. The van der Waals surface area contributed by atoms with Gasteiger partial charge in [-0.25, -0.2) is 0 Å². The molecule has 0 bridgehead atoms. The average molecular weight is 223 g/mol. The summed E-state index contributed by atoms with van der Waals surface area (Å²) in [7, 11) is 0. The molecule has 1 aromatic rings. The van der Waals surface area contributed by atoms with Crippen molar-refractivity contribution in [3.8, 4) is 6.07 Å². The molecule has 0 radical (unpaired) electrons. The normalized spacial score (nSPS) is 14.9. The van der Waals surface area contributed by atoms with E-state index in [2.05, 4.69) is 19.9 Å². The zero-order chi connectivity index (χ0) is 11.3. The number of nitrogens with zero attached hydrogens (tertiary/aromatic N) is 1. The van der Waals surface area contributed by atoms with Crippen molar-refractivity contribution < 1.29 is 5.11 Å². The fourth-order valence-electron chi connectivity index (χ4n) is 1.89. The van der Waals surface area contributed by atoms with Crippen LogP contribution in [0.3, 0.4) is 0 Å². The van der Waals surface area contributed by atoms with Crippen LogP contribution in [-0.2, 0) is 5.41 Å². The monoisotopic (exact) mass is 223 g/mol. The minimum Gasteiger partial charge on any atom is -0.396 e. The van der Waals surface area contributed by atoms with Gasteiger partial charge in [0.05, 0.1) is 11.5 Å². The molecule has 1 heterocycles. The molecule has 1 atom stereocenters. The lowest BCUT2D eigenvalue weighted by atomic mass is 9.71. The van der Waals surface area contributed by atoms with Gasteiger partial charge in [-0.3, -0.25) is 0 Å². The molecule has 1 rings (SSSR count). The molecule has 15 heavy (non-hydrogen) atoms. The maximum absolute atomic E-state index is 9.42. The molecule has 0 fully saturated rings. The molecule has 1 aromatic heterocycles. The third kappa shape index (κ3) is 2.39. The van der Waals surface area contributed by atoms with Crippen LogP contribution in [0.15, 0.2) is 16.8 Å². The van der Waals surface area contributed by atoms with Crippen molar-refractivity contribution >= 4 is 11.3 Å². The number of thiophene rings is 1. The molecule has 0 aliphatic heterocycles. The fraction of sp³-hybridized carbons (Fsp3) is 0.583. The van der Waals surface area contributed by atoms with Crippen molar-refractivity contribution in [1.82, 2.24) is 0 Å². The van der Waals surface area contributed by atoms with Crippen LogP contribution < -0.4 is 0 Å². The van der Waals surface area contributed by atoms with Gasteiger partial charge in [-0.15, -0.1) is 0 Å². The molecule has 0 saturated carbocycles. The zero-order valence-corrected chi connectivity index (χ0v) is 10.0. The second-order valence-corrected chi connectivity index (χ2v) is 4.86. The lowest BCUT2D eigenvalue weighted by molar-refractivity contribution is 0.257. The van der Waals surface area contributed by atoms with Gasteiger partial charge < -0.3 is 5.11 Å². The second-order valence-electron chi connectivity index (χ2n) is 4.08. The van der Waals surface area contributed by atoms with E-state index < -0.39 is 5.41 Å². The molecular weight excluding hydrogens is 206 g/mol. The van der Waals surface area contributed by atoms with Crippen molar-refractivity contribution in [3.05, 3.63) is 22.4 Å². The lowest BCUT2D eigenvalue weighted by Gasteiger charge is -2.30. The Hall–Kier alpha value is -0.850. The predicted octanol–water partition coefficient (Wildman–Crippen LogP) is 2.94. The number of nitriles is 1. The summed E-state index contributed by atoms with van der Waals surface area (Å²) in [5, 5.41) is 22.4. The summed E-state index contributed by atoms with van der Waals surface area (Å²) in [6.07, 6.45) is 1.41. The van der Waals surface area contributed by atoms with Gasteiger partial charge in [0.1, 0.15) is 0 Å². The van der Waals surface area contributed by atoms with E-state index in [0.717, 1.165) is 12.0 Å². The van der Waals surface area contributed by atoms with Crippen molar-refractivity contribution in [3.63, 3.8) is 0 Å². The van der Waals surface area contributed by atoms with Crippen LogP contribution in [0.25, 0.3) is 0 Å². The summed E-state index contributed by atoms with van der Waals surface area (Å²) in [4.78, 5) is 0. The van der Waals surface area contributed by atoms with Crippen molar-refractivity contribution in [1.29, 1.82) is 5.26 Å². The molecular formula is C12H17NOS. The van der Waals surface area contributed by atoms with Crippen molar-refractivity contribution in [2.24, 2.45) is 5.92 Å². The van der Waals surface area contributed by atoms with Gasteiger partial charge in [-0.1, -0.05) is 13.8 Å². The van der Waals surface area contributed by atoms with Crippen LogP contribution in [0.5, 0.6) is 0 Å². The summed E-state index contributed by atoms with van der Waals surface area (Å²) in [6, 6.07) is 4.47. The maximum atomic E-state index is 9.42. The maximum Gasteiger partial charge on any atom is 0.0854 e. The van der Waals surface area contributed by atoms with Crippen LogP contribution in [0, 0.1) is 17.2 Å². The molecule has 2 nitrogen and oxygen atoms in total. The van der Waals surface area contributed by atoms with Crippen LogP contribution in [0.4, 0.5) is 0 Å². The third-order valence-electron chi connectivity index (χ3n) is 2.95. The first-order valence-corrected chi connectivity index (χ1v) is 6.16. The summed E-state index contributed by atoms with van der Waals surface area (Å²) in [6.45, 7) is 4.29. The Kier molecular flexibility index (Phi) is 4.31. The minimum atomic E-state index is -0.428. The van der Waals surface area contributed by atoms with E-state index >= 15 is 0 Å². The van der Waals surface area contributed by atoms with E-state index in [4.69, 9.17) is 5.11 Å². The quantitative estimate of drug-likeness (QED) is 0.834. The van der Waals surface area contributed by atoms with Gasteiger partial charge in [0.25, 0.3) is 0 Å². The smallest absolute Gasteiger partial charge is 0.0854 e. The zero-order valence-electron chi connectivity index (χ0n) is 9.23. The number of aliphatic hydroxyl groups is 1. The Labute approximate surface area is 95.2 Å². The number of hydrogen-bond donors (Lipinski definition) is 1. The van der Waals surface area contributed by atoms with E-state index in [1.165, 1.54) is 0 Å². The summed E-state index contributed by atoms with van der Waals surface area (Å²) < 4.78 is 0. The minimum absolute atomic E-state index is 0.153. The third-order valence-corrected chi connectivity index (χ3v) is 3.63. The molecule has 82 valence electrons. The number of hydrogen-bond acceptors (Lipinski definition) is 3. The molecule has 0 aliphatic carbocycles. The van der Waals surface area contributed by atoms with Crippen molar-refractivity contribution in [2.75, 3.05) is 6.61 Å². The van der Waals surface area contributed by atoms with E-state index in [0.29, 0.717) is 6.42 Å². The van der Waals surface area contributed by atoms with Gasteiger partial charge in [0.15, 0.2) is 0 Å². The Morgan fingerprint density at radius 1 is 1.60 bits per heavy atom. The largest absolute Gasteiger partial charge is 0.396 e. The first-order valence-electron chi connectivity index (χ1n) is 5.22. The Morgan fingerprint density at radius 2 is 2.33 bits per heavy atom. The highest BCUT2D eigenvalue weighted by molar-refractivity contribution is 7.08. The molecule has 0 amide bonds. The molecule has 1 N–H and O–H groups in total. The first kappa shape index (κ1) is 12.2. The van der Waals surface area contributed by atoms with Gasteiger partial charge in [-0.2, -0.15) is 16.6 Å². The SMILES string of the molecule is CC(C)C(C#N)(CCCO)c1ccsc1. The molecule has 0 aromatic carbocycles. The Bertz CT molecular complexity index is 326. The van der Waals surface area contributed by atoms with Gasteiger partial charge >= 0.3 is 0 Å². The highest BCUT2D eigenvalue weighted by Gasteiger charge is 2.35. The molecule has 0 aliphatic rings. The summed E-state index contributed by atoms with van der Waals surface area (Å²) >= 11 is 1.62. The predicted molar refractivity (Wildman–Crippen MR) is 62.8 cm³/mol. The van der Waals surface area contributed by atoms with Gasteiger partial charge in [-0.05, 0) is 41.1 Å². The van der Waals surface area contributed by atoms with Crippen LogP contribution >= 0.6 is 11.3 Å². The van der Waals surface area contributed by atoms with Gasteiger partial charge in [0.2, 0.25) is 0 Å². The second kappa shape index (κ2) is 5.29. The highest BCUT2D eigenvalue weighted by Crippen LogP contribution is 2.37. The molecule has 1 unspecified atom stereocenters. The number of aliphatic hydroxyl groups excluding tert-OH is 1. The Morgan fingerprint density at radius 3 is 2.73 bits per heavy atom. The van der Waals surface area contributed by atoms with Crippen LogP contribution in [0.2, 0.25) is 0 Å². The Balaban J connectivity index is 3.00. The van der Waals surface area contributed by atoms with Crippen LogP contribution in [-0.4, -0.2) is 11.7 Å². The summed E-state index contributed by atoms with van der Waals surface area (Å²) in [5.74, 6) is 0.267. The summed E-state index contributed by atoms with van der Waals surface area (Å²) in [5.41, 5.74) is 0.668. The van der Waals surface area contributed by atoms with Crippen LogP contribution in [0.1, 0.15) is 32.3 Å². The average Bonchev–Trinajstić information content (AvgIpc) is 2.73. The van der Waals surface area contributed by atoms with E-state index in [-0.39, 0.29) is 12.5 Å². The van der Waals surface area contributed by atoms with E-state index in [9.17, 15) is 5.26 Å². The standard InChI is InChI=1S/C12H17NOS/c1-10(2)12(9-13,5-3-6-14)11-4-7-15-8-11/h4,7-8,10,14H,3,5-6H2,1-2H3. The number of rotatable bonds is 5. The lowest BCUT2D eigenvalue weighted by Crippen LogP contribution is -2.30. The van der Waals surface area contributed by atoms with E-state index in [1.807, 2.05) is 16.8 Å². The van der Waals surface area contributed by atoms with Crippen molar-refractivity contribution in [2.45, 2.75) is 32.1 Å². The van der Waals surface area contributed by atoms with E-state index in [1.54, 1.807) is 11.3 Å². The molecule has 0 spiro atoms. The van der Waals surface area contributed by atoms with Gasteiger partial charge in [0, 0.05) is 6.61 Å². The highest BCUT2D eigenvalue weighted by atomic mass is 32.1. The first-order chi connectivity index (χ1) is 7.17. The molecule has 0 saturated heterocycles. The molecule has 3 heteroatoms. The topological polar surface area (TPSA) is 44.0 Å².